The van der Waals surface area contributed by atoms with Gasteiger partial charge in [-0.2, -0.15) is 0 Å². The molecule has 3 rings (SSSR count). The normalized spacial score (nSPS) is 18.3. The maximum absolute atomic E-state index is 12.5. The van der Waals surface area contributed by atoms with E-state index in [1.54, 1.807) is 14.2 Å². The lowest BCUT2D eigenvalue weighted by Crippen LogP contribution is -3.13. The zero-order valence-corrected chi connectivity index (χ0v) is 16.0. The van der Waals surface area contributed by atoms with E-state index in [4.69, 9.17) is 9.47 Å². The van der Waals surface area contributed by atoms with Crippen molar-refractivity contribution in [2.24, 2.45) is 0 Å². The van der Waals surface area contributed by atoms with Crippen molar-refractivity contribution in [3.05, 3.63) is 71.8 Å². The van der Waals surface area contributed by atoms with Crippen molar-refractivity contribution in [3.63, 3.8) is 0 Å². The molecule has 0 bridgehead atoms. The van der Waals surface area contributed by atoms with Gasteiger partial charge in [-0.3, -0.25) is 4.79 Å². The molecule has 1 unspecified atom stereocenters. The number of carbonyl (C=O) groups is 1. The largest absolute Gasteiger partial charge is 0.493 e. The second kappa shape index (κ2) is 8.73. The fourth-order valence-electron chi connectivity index (χ4n) is 3.74. The monoisotopic (exact) mass is 367 g/mol. The van der Waals surface area contributed by atoms with Crippen molar-refractivity contribution in [1.82, 2.24) is 5.32 Å². The Labute approximate surface area is 160 Å². The van der Waals surface area contributed by atoms with E-state index in [2.05, 4.69) is 24.0 Å². The molecule has 5 nitrogen and oxygen atoms in total. The molecular formula is C22H27N2O3+. The summed E-state index contributed by atoms with van der Waals surface area (Å²) in [6.07, 6.45) is 2.90. The average molecular weight is 367 g/mol. The standard InChI is InChI=1S/C22H26N2O3/c1-4-11-24-12-10-17-13-20(26-2)21(27-3)14-18(17)19(24)15-23-22(25)16-8-6-5-7-9-16/h4-9,13-14,19H,1,10-12,15H2,2-3H3,(H,23,25)/p+1/t19-/m1/s1. The van der Waals surface area contributed by atoms with E-state index in [-0.39, 0.29) is 11.9 Å². The Kier molecular flexibility index (Phi) is 6.14. The molecule has 2 aromatic carbocycles. The van der Waals surface area contributed by atoms with Gasteiger partial charge in [-0.25, -0.2) is 0 Å². The number of benzene rings is 2. The number of amides is 1. The van der Waals surface area contributed by atoms with E-state index in [0.29, 0.717) is 12.1 Å². The molecule has 0 aromatic heterocycles. The maximum Gasteiger partial charge on any atom is 0.251 e. The van der Waals surface area contributed by atoms with Crippen LogP contribution in [0.25, 0.3) is 0 Å². The third-order valence-corrected chi connectivity index (χ3v) is 5.14. The molecule has 2 N–H and O–H groups in total. The molecule has 0 saturated heterocycles. The average Bonchev–Trinajstić information content (AvgIpc) is 2.72. The molecule has 0 radical (unpaired) electrons. The number of quaternary nitrogens is 1. The Morgan fingerprint density at radius 3 is 2.59 bits per heavy atom. The molecule has 5 heteroatoms. The van der Waals surface area contributed by atoms with Gasteiger partial charge in [0.05, 0.1) is 33.9 Å². The van der Waals surface area contributed by atoms with Gasteiger partial charge < -0.3 is 19.7 Å². The SMILES string of the molecule is C=CC[NH+]1CCc2cc(OC)c(OC)cc2[C@H]1CNC(=O)c1ccccc1. The number of methoxy groups -OCH3 is 2. The highest BCUT2D eigenvalue weighted by Gasteiger charge is 2.32. The third-order valence-electron chi connectivity index (χ3n) is 5.14. The van der Waals surface area contributed by atoms with Crippen molar-refractivity contribution in [2.75, 3.05) is 33.9 Å². The van der Waals surface area contributed by atoms with Gasteiger partial charge in [-0.1, -0.05) is 24.8 Å². The topological polar surface area (TPSA) is 52.0 Å². The van der Waals surface area contributed by atoms with Gasteiger partial charge in [0.2, 0.25) is 0 Å². The van der Waals surface area contributed by atoms with Crippen LogP contribution in [0.15, 0.2) is 55.1 Å². The van der Waals surface area contributed by atoms with Crippen LogP contribution in [0.2, 0.25) is 0 Å². The first-order valence-electron chi connectivity index (χ1n) is 9.21. The summed E-state index contributed by atoms with van der Waals surface area (Å²) < 4.78 is 10.9. The number of hydrogen-bond donors (Lipinski definition) is 2. The predicted octanol–water partition coefficient (Wildman–Crippen LogP) is 1.80. The summed E-state index contributed by atoms with van der Waals surface area (Å²) in [5.41, 5.74) is 3.12. The second-order valence-electron chi connectivity index (χ2n) is 6.69. The molecule has 142 valence electrons. The molecule has 1 amide bonds. The van der Waals surface area contributed by atoms with Gasteiger partial charge in [-0.05, 0) is 35.9 Å². The van der Waals surface area contributed by atoms with Gasteiger partial charge in [-0.15, -0.1) is 0 Å². The number of nitrogens with one attached hydrogen (secondary N) is 2. The number of fused-ring (bicyclic) bond motifs is 1. The predicted molar refractivity (Wildman–Crippen MR) is 106 cm³/mol. The molecular weight excluding hydrogens is 340 g/mol. The van der Waals surface area contributed by atoms with E-state index >= 15 is 0 Å². The van der Waals surface area contributed by atoms with Gasteiger partial charge in [0.25, 0.3) is 5.91 Å². The maximum atomic E-state index is 12.5. The van der Waals surface area contributed by atoms with Crippen molar-refractivity contribution >= 4 is 5.91 Å². The van der Waals surface area contributed by atoms with E-state index in [1.165, 1.54) is 16.0 Å². The highest BCUT2D eigenvalue weighted by molar-refractivity contribution is 5.94. The summed E-state index contributed by atoms with van der Waals surface area (Å²) in [4.78, 5) is 13.9. The second-order valence-corrected chi connectivity index (χ2v) is 6.69. The molecule has 27 heavy (non-hydrogen) atoms. The molecule has 0 aliphatic carbocycles. The van der Waals surface area contributed by atoms with Crippen molar-refractivity contribution in [3.8, 4) is 11.5 Å². The quantitative estimate of drug-likeness (QED) is 0.734. The fourth-order valence-corrected chi connectivity index (χ4v) is 3.74. The summed E-state index contributed by atoms with van der Waals surface area (Å²) in [7, 11) is 3.30. The lowest BCUT2D eigenvalue weighted by molar-refractivity contribution is -0.927. The lowest BCUT2D eigenvalue weighted by atomic mass is 9.91. The minimum absolute atomic E-state index is 0.0545. The lowest BCUT2D eigenvalue weighted by Gasteiger charge is -2.34. The van der Waals surface area contributed by atoms with Crippen molar-refractivity contribution in [2.45, 2.75) is 12.5 Å². The zero-order valence-electron chi connectivity index (χ0n) is 16.0. The van der Waals surface area contributed by atoms with E-state index < -0.39 is 0 Å². The molecule has 0 spiro atoms. The zero-order chi connectivity index (χ0) is 19.2. The van der Waals surface area contributed by atoms with Crippen LogP contribution in [0.4, 0.5) is 0 Å². The summed E-state index contributed by atoms with van der Waals surface area (Å²) in [5, 5.41) is 3.10. The van der Waals surface area contributed by atoms with E-state index in [9.17, 15) is 4.79 Å². The first-order valence-corrected chi connectivity index (χ1v) is 9.21. The van der Waals surface area contributed by atoms with Crippen LogP contribution in [0, 0.1) is 0 Å². The smallest absolute Gasteiger partial charge is 0.251 e. The molecule has 1 heterocycles. The molecule has 1 aliphatic heterocycles. The van der Waals surface area contributed by atoms with Gasteiger partial charge in [0.15, 0.2) is 11.5 Å². The summed E-state index contributed by atoms with van der Waals surface area (Å²) in [5.74, 6) is 1.41. The Bertz CT molecular complexity index is 805. The molecule has 1 aliphatic rings. The van der Waals surface area contributed by atoms with Gasteiger partial charge in [0, 0.05) is 17.5 Å². The Hall–Kier alpha value is -2.79. The van der Waals surface area contributed by atoms with Crippen LogP contribution < -0.4 is 19.7 Å². The Balaban J connectivity index is 1.86. The molecule has 0 saturated carbocycles. The first kappa shape index (κ1) is 19.0. The van der Waals surface area contributed by atoms with Crippen molar-refractivity contribution in [1.29, 1.82) is 0 Å². The van der Waals surface area contributed by atoms with E-state index in [0.717, 1.165) is 31.0 Å². The van der Waals surface area contributed by atoms with Crippen LogP contribution in [-0.2, 0) is 6.42 Å². The minimum atomic E-state index is -0.0545. The first-order chi connectivity index (χ1) is 13.2. The van der Waals surface area contributed by atoms with Crippen LogP contribution >= 0.6 is 0 Å². The number of hydrogen-bond acceptors (Lipinski definition) is 3. The van der Waals surface area contributed by atoms with Gasteiger partial charge in [0.1, 0.15) is 6.04 Å². The highest BCUT2D eigenvalue weighted by Crippen LogP contribution is 2.34. The van der Waals surface area contributed by atoms with Crippen LogP contribution in [0.1, 0.15) is 27.5 Å². The Morgan fingerprint density at radius 2 is 1.93 bits per heavy atom. The highest BCUT2D eigenvalue weighted by atomic mass is 16.5. The minimum Gasteiger partial charge on any atom is -0.493 e. The van der Waals surface area contributed by atoms with Crippen LogP contribution in [-0.4, -0.2) is 39.8 Å². The van der Waals surface area contributed by atoms with Gasteiger partial charge >= 0.3 is 0 Å². The summed E-state index contributed by atoms with van der Waals surface area (Å²) in [6.45, 7) is 6.28. The van der Waals surface area contributed by atoms with Crippen LogP contribution in [0.3, 0.4) is 0 Å². The molecule has 2 aromatic rings. The van der Waals surface area contributed by atoms with Crippen molar-refractivity contribution < 1.29 is 19.2 Å². The number of rotatable bonds is 7. The summed E-state index contributed by atoms with van der Waals surface area (Å²) >= 11 is 0. The summed E-state index contributed by atoms with van der Waals surface area (Å²) in [6, 6.07) is 13.6. The molecule has 2 atom stereocenters. The Morgan fingerprint density at radius 1 is 1.22 bits per heavy atom. The fraction of sp³-hybridized carbons (Fsp3) is 0.318. The number of ether oxygens (including phenoxy) is 2. The van der Waals surface area contributed by atoms with E-state index in [1.807, 2.05) is 36.4 Å². The van der Waals surface area contributed by atoms with Crippen LogP contribution in [0.5, 0.6) is 11.5 Å². The third kappa shape index (κ3) is 4.14. The number of carbonyl (C=O) groups excluding carboxylic acids is 1. The molecule has 0 fully saturated rings.